The summed E-state index contributed by atoms with van der Waals surface area (Å²) in [6.07, 6.45) is 2.27. The highest BCUT2D eigenvalue weighted by Crippen LogP contribution is 2.23. The second-order valence-electron chi connectivity index (χ2n) is 9.48. The highest BCUT2D eigenvalue weighted by molar-refractivity contribution is 6.42. The highest BCUT2D eigenvalue weighted by Gasteiger charge is 2.27. The average Bonchev–Trinajstić information content (AvgIpc) is 3.43. The van der Waals surface area contributed by atoms with Gasteiger partial charge in [-0.05, 0) is 73.3 Å². The molecular weight excluding hydrogens is 625 g/mol. The van der Waals surface area contributed by atoms with Crippen LogP contribution in [0.3, 0.4) is 0 Å². The fraction of sp³-hybridized carbons (Fsp3) is 0.267. The van der Waals surface area contributed by atoms with Crippen molar-refractivity contribution < 1.29 is 27.6 Å². The van der Waals surface area contributed by atoms with Crippen molar-refractivity contribution in [2.24, 2.45) is 5.73 Å². The van der Waals surface area contributed by atoms with E-state index in [0.717, 1.165) is 23.3 Å². The number of nitrogens with one attached hydrogen (secondary N) is 1. The minimum atomic E-state index is -1.06. The fourth-order valence-electron chi connectivity index (χ4n) is 4.11. The number of nitrogens with zero attached hydrogens (tertiary/aromatic N) is 2. The molecular formula is C30H29Cl3F2N4O4. The van der Waals surface area contributed by atoms with Gasteiger partial charge < -0.3 is 20.3 Å². The Bertz CT molecular complexity index is 1540. The molecule has 4 aromatic rings. The lowest BCUT2D eigenvalue weighted by molar-refractivity contribution is 0.0841. The summed E-state index contributed by atoms with van der Waals surface area (Å²) < 4.78 is 38.5. The smallest absolute Gasteiger partial charge is 0.254 e. The molecule has 0 fully saturated rings. The van der Waals surface area contributed by atoms with Gasteiger partial charge in [-0.25, -0.2) is 8.78 Å². The Morgan fingerprint density at radius 3 is 2.42 bits per heavy atom. The monoisotopic (exact) mass is 652 g/mol. The first-order valence-electron chi connectivity index (χ1n) is 13.2. The summed E-state index contributed by atoms with van der Waals surface area (Å²) in [5, 5.41) is 7.30. The molecule has 0 aliphatic heterocycles. The maximum atomic E-state index is 14.1. The predicted molar refractivity (Wildman–Crippen MR) is 161 cm³/mol. The van der Waals surface area contributed by atoms with Crippen LogP contribution >= 0.6 is 35.6 Å². The molecule has 1 aromatic heterocycles. The molecule has 0 radical (unpaired) electrons. The molecule has 0 spiro atoms. The Morgan fingerprint density at radius 1 is 0.977 bits per heavy atom. The van der Waals surface area contributed by atoms with E-state index in [1.807, 2.05) is 30.3 Å². The first kappa shape index (κ1) is 33.9. The van der Waals surface area contributed by atoms with Crippen LogP contribution < -0.4 is 15.8 Å². The van der Waals surface area contributed by atoms with Gasteiger partial charge >= 0.3 is 0 Å². The van der Waals surface area contributed by atoms with Gasteiger partial charge in [0.05, 0.1) is 34.7 Å². The minimum absolute atomic E-state index is 0. The van der Waals surface area contributed by atoms with E-state index in [1.54, 1.807) is 12.1 Å². The first-order valence-corrected chi connectivity index (χ1v) is 14.0. The van der Waals surface area contributed by atoms with Crippen LogP contribution in [0.25, 0.3) is 0 Å². The van der Waals surface area contributed by atoms with Gasteiger partial charge in [-0.1, -0.05) is 46.6 Å². The molecule has 4 rings (SSSR count). The molecule has 0 aliphatic rings. The molecule has 3 aromatic carbocycles. The Kier molecular flexibility index (Phi) is 12.9. The third-order valence-electron chi connectivity index (χ3n) is 6.36. The van der Waals surface area contributed by atoms with Gasteiger partial charge in [0.2, 0.25) is 17.5 Å². The first-order chi connectivity index (χ1) is 20.2. The van der Waals surface area contributed by atoms with E-state index in [9.17, 15) is 18.4 Å². The number of ether oxygens (including phenoxy) is 1. The fourth-order valence-corrected chi connectivity index (χ4v) is 4.43. The van der Waals surface area contributed by atoms with Crippen LogP contribution in [-0.4, -0.2) is 41.0 Å². The number of benzene rings is 3. The van der Waals surface area contributed by atoms with Crippen molar-refractivity contribution in [3.8, 4) is 5.75 Å². The molecule has 8 nitrogen and oxygen atoms in total. The van der Waals surface area contributed by atoms with E-state index in [0.29, 0.717) is 54.3 Å². The van der Waals surface area contributed by atoms with Crippen LogP contribution in [0.4, 0.5) is 8.78 Å². The zero-order chi connectivity index (χ0) is 30.1. The van der Waals surface area contributed by atoms with Gasteiger partial charge in [-0.15, -0.1) is 12.4 Å². The van der Waals surface area contributed by atoms with Gasteiger partial charge in [0.1, 0.15) is 17.4 Å². The number of Topliss-reactive ketones (excluding diaryl/α,β-unsaturated/α-hetero) is 1. The lowest BCUT2D eigenvalue weighted by Gasteiger charge is -2.16. The van der Waals surface area contributed by atoms with Gasteiger partial charge in [-0.3, -0.25) is 9.59 Å². The minimum Gasteiger partial charge on any atom is -0.493 e. The van der Waals surface area contributed by atoms with Gasteiger partial charge in [-0.2, -0.15) is 4.98 Å². The van der Waals surface area contributed by atoms with Crippen molar-refractivity contribution >= 4 is 47.3 Å². The predicted octanol–water partition coefficient (Wildman–Crippen LogP) is 6.40. The number of ketones is 1. The third-order valence-corrected chi connectivity index (χ3v) is 7.09. The van der Waals surface area contributed by atoms with E-state index in [-0.39, 0.29) is 42.5 Å². The molecule has 1 amide bonds. The molecule has 0 aliphatic carbocycles. The number of hydrogen-bond donors (Lipinski definition) is 2. The van der Waals surface area contributed by atoms with Crippen LogP contribution in [0.2, 0.25) is 10.0 Å². The van der Waals surface area contributed by atoms with Crippen molar-refractivity contribution in [3.05, 3.63) is 111 Å². The number of aromatic nitrogens is 2. The summed E-state index contributed by atoms with van der Waals surface area (Å²) in [6, 6.07) is 14.3. The number of hydrogen-bond acceptors (Lipinski definition) is 7. The molecule has 3 N–H and O–H groups in total. The number of nitrogens with two attached hydrogens (primary N) is 1. The average molecular weight is 654 g/mol. The molecule has 0 saturated heterocycles. The molecule has 228 valence electrons. The molecule has 1 heterocycles. The molecule has 13 heteroatoms. The van der Waals surface area contributed by atoms with E-state index in [2.05, 4.69) is 15.5 Å². The summed E-state index contributed by atoms with van der Waals surface area (Å²) in [4.78, 5) is 30.0. The number of unbranched alkanes of at least 4 members (excludes halogenated alkanes) is 1. The van der Waals surface area contributed by atoms with Crippen LogP contribution in [0.15, 0.2) is 65.2 Å². The van der Waals surface area contributed by atoms with Crippen LogP contribution in [0.1, 0.15) is 57.3 Å². The van der Waals surface area contributed by atoms with Crippen LogP contribution in [0.5, 0.6) is 5.75 Å². The topological polar surface area (TPSA) is 120 Å². The van der Waals surface area contributed by atoms with Crippen molar-refractivity contribution in [1.29, 1.82) is 0 Å². The summed E-state index contributed by atoms with van der Waals surface area (Å²) in [5.41, 5.74) is 7.02. The standard InChI is InChI=1S/C30H28Cl2F2N4O4.ClH/c31-23-11-6-19(15-24(23)32)12-14-41-21-8-4-18(5-9-21)16-27-37-29(38-42-27)28(39)26(3-1-2-13-35)36-30(40)22-10-7-20(33)17-25(22)34;/h4-11,15,17,26H,1-3,12-14,16,35H2,(H,36,40);1H/t26-;/m0./s1. The SMILES string of the molecule is Cl.NCCCC[C@H](NC(=O)c1ccc(F)cc1F)C(=O)c1noc(Cc2ccc(OCCc3ccc(Cl)c(Cl)c3)cc2)n1. The molecule has 43 heavy (non-hydrogen) atoms. The zero-order valence-corrected chi connectivity index (χ0v) is 25.2. The number of carbonyl (C=O) groups excluding carboxylic acids is 2. The Morgan fingerprint density at radius 2 is 1.72 bits per heavy atom. The number of carbonyl (C=O) groups is 2. The molecule has 0 bridgehead atoms. The number of halogens is 5. The van der Waals surface area contributed by atoms with Crippen molar-refractivity contribution in [1.82, 2.24) is 15.5 Å². The van der Waals surface area contributed by atoms with Gasteiger partial charge in [0.25, 0.3) is 5.91 Å². The quantitative estimate of drug-likeness (QED) is 0.119. The molecule has 0 unspecified atom stereocenters. The molecule has 0 saturated carbocycles. The number of amides is 1. The normalized spacial score (nSPS) is 11.5. The maximum absolute atomic E-state index is 14.1. The van der Waals surface area contributed by atoms with E-state index in [4.69, 9.17) is 38.2 Å². The van der Waals surface area contributed by atoms with Crippen LogP contribution in [0, 0.1) is 11.6 Å². The molecule has 1 atom stereocenters. The third kappa shape index (κ3) is 9.72. The van der Waals surface area contributed by atoms with Crippen molar-refractivity contribution in [2.45, 2.75) is 38.1 Å². The largest absolute Gasteiger partial charge is 0.493 e. The summed E-state index contributed by atoms with van der Waals surface area (Å²) >= 11 is 12.0. The summed E-state index contributed by atoms with van der Waals surface area (Å²) in [7, 11) is 0. The van der Waals surface area contributed by atoms with E-state index in [1.165, 1.54) is 0 Å². The van der Waals surface area contributed by atoms with E-state index >= 15 is 0 Å². The number of rotatable bonds is 14. The summed E-state index contributed by atoms with van der Waals surface area (Å²) in [6.45, 7) is 0.845. The van der Waals surface area contributed by atoms with Crippen LogP contribution in [-0.2, 0) is 12.8 Å². The van der Waals surface area contributed by atoms with Crippen molar-refractivity contribution in [2.75, 3.05) is 13.2 Å². The van der Waals surface area contributed by atoms with Gasteiger partial charge in [0.15, 0.2) is 0 Å². The maximum Gasteiger partial charge on any atom is 0.254 e. The summed E-state index contributed by atoms with van der Waals surface area (Å²) in [5.74, 6) is -2.65. The van der Waals surface area contributed by atoms with E-state index < -0.39 is 29.4 Å². The lowest BCUT2D eigenvalue weighted by Crippen LogP contribution is -2.41. The Balaban J connectivity index is 0.00000506. The Labute approximate surface area is 263 Å². The van der Waals surface area contributed by atoms with Gasteiger partial charge in [0, 0.05) is 12.5 Å². The Hall–Kier alpha value is -3.57. The van der Waals surface area contributed by atoms with Crippen molar-refractivity contribution in [3.63, 3.8) is 0 Å². The lowest BCUT2D eigenvalue weighted by atomic mass is 10.0. The second kappa shape index (κ2) is 16.3. The highest BCUT2D eigenvalue weighted by atomic mass is 35.5. The second-order valence-corrected chi connectivity index (χ2v) is 10.3. The zero-order valence-electron chi connectivity index (χ0n) is 22.8.